The number of methoxy groups -OCH3 is 1. The van der Waals surface area contributed by atoms with E-state index >= 15 is 0 Å². The second-order valence-corrected chi connectivity index (χ2v) is 10.9. The lowest BCUT2D eigenvalue weighted by Crippen LogP contribution is -2.28. The van der Waals surface area contributed by atoms with E-state index in [0.29, 0.717) is 34.6 Å². The Morgan fingerprint density at radius 1 is 1.10 bits per heavy atom. The van der Waals surface area contributed by atoms with Crippen molar-refractivity contribution >= 4 is 51.5 Å². The summed E-state index contributed by atoms with van der Waals surface area (Å²) in [4.78, 5) is 26.4. The van der Waals surface area contributed by atoms with Crippen LogP contribution in [0.1, 0.15) is 75.1 Å². The van der Waals surface area contributed by atoms with Crippen LogP contribution < -0.4 is 10.1 Å². The van der Waals surface area contributed by atoms with Crippen LogP contribution in [0.5, 0.6) is 5.75 Å². The fourth-order valence-corrected chi connectivity index (χ4v) is 3.99. The molecular weight excluding hydrogens is 565 g/mol. The zero-order valence-electron chi connectivity index (χ0n) is 23.2. The molecule has 7 nitrogen and oxygen atoms in total. The van der Waals surface area contributed by atoms with Gasteiger partial charge in [0.25, 0.3) is 5.91 Å². The summed E-state index contributed by atoms with van der Waals surface area (Å²) in [6.07, 6.45) is 3.49. The van der Waals surface area contributed by atoms with Crippen molar-refractivity contribution in [1.29, 1.82) is 0 Å². The Kier molecular flexibility index (Phi) is 9.50. The number of halogens is 2. The highest BCUT2D eigenvalue weighted by molar-refractivity contribution is 9.10. The Bertz CT molecular complexity index is 1430. The number of allylic oxidation sites excluding steroid dienone is 2. The first kappa shape index (κ1) is 29.8. The molecular formula is C30H33BrFN3O4. The largest absolute Gasteiger partial charge is 0.496 e. The molecule has 1 amide bonds. The van der Waals surface area contributed by atoms with Crippen LogP contribution >= 0.6 is 15.9 Å². The SMILES string of the molecule is CC/C(C)=C/c1c(/C=C(\C)c2c(F)cccc2OC)c(NC(=O)c2ccc(Br)cc2)nn1C(=O)OC(C)(C)C. The summed E-state index contributed by atoms with van der Waals surface area (Å²) in [6.45, 7) is 10.9. The van der Waals surface area contributed by atoms with Crippen LogP contribution in [0.2, 0.25) is 0 Å². The molecule has 0 unspecified atom stereocenters. The molecule has 0 radical (unpaired) electrons. The maximum absolute atomic E-state index is 14.9. The predicted octanol–water partition coefficient (Wildman–Crippen LogP) is 8.20. The third kappa shape index (κ3) is 7.44. The van der Waals surface area contributed by atoms with Crippen LogP contribution in [-0.4, -0.2) is 34.5 Å². The summed E-state index contributed by atoms with van der Waals surface area (Å²) >= 11 is 3.37. The lowest BCUT2D eigenvalue weighted by Gasteiger charge is -2.19. The molecule has 0 aliphatic heterocycles. The summed E-state index contributed by atoms with van der Waals surface area (Å²) in [7, 11) is 1.47. The second kappa shape index (κ2) is 12.4. The quantitative estimate of drug-likeness (QED) is 0.297. The number of anilines is 1. The van der Waals surface area contributed by atoms with E-state index in [1.807, 2.05) is 19.9 Å². The summed E-state index contributed by atoms with van der Waals surface area (Å²) in [5, 5.41) is 7.29. The van der Waals surface area contributed by atoms with E-state index in [9.17, 15) is 14.0 Å². The Balaban J connectivity index is 2.27. The summed E-state index contributed by atoms with van der Waals surface area (Å²) in [5.41, 5.74) is 2.16. The number of ether oxygens (including phenoxy) is 2. The second-order valence-electron chi connectivity index (χ2n) is 9.99. The molecule has 39 heavy (non-hydrogen) atoms. The molecule has 9 heteroatoms. The molecule has 0 bridgehead atoms. The normalized spacial score (nSPS) is 12.3. The van der Waals surface area contributed by atoms with Crippen LogP contribution in [0.3, 0.4) is 0 Å². The predicted molar refractivity (Wildman–Crippen MR) is 156 cm³/mol. The average Bonchev–Trinajstić information content (AvgIpc) is 3.19. The average molecular weight is 599 g/mol. The molecule has 1 heterocycles. The minimum atomic E-state index is -0.781. The molecule has 0 aliphatic rings. The van der Waals surface area contributed by atoms with Gasteiger partial charge in [-0.25, -0.2) is 9.18 Å². The summed E-state index contributed by atoms with van der Waals surface area (Å²) < 4.78 is 27.9. The van der Waals surface area contributed by atoms with Crippen LogP contribution in [-0.2, 0) is 4.74 Å². The van der Waals surface area contributed by atoms with E-state index in [4.69, 9.17) is 9.47 Å². The highest BCUT2D eigenvalue weighted by Gasteiger charge is 2.26. The lowest BCUT2D eigenvalue weighted by atomic mass is 10.0. The maximum atomic E-state index is 14.9. The topological polar surface area (TPSA) is 82.5 Å². The Hall–Kier alpha value is -3.72. The number of benzene rings is 2. The van der Waals surface area contributed by atoms with E-state index in [1.54, 1.807) is 70.2 Å². The molecule has 1 aromatic heterocycles. The number of rotatable bonds is 7. The van der Waals surface area contributed by atoms with Gasteiger partial charge in [0.05, 0.1) is 18.4 Å². The van der Waals surface area contributed by atoms with Gasteiger partial charge in [-0.2, -0.15) is 4.68 Å². The molecule has 1 N–H and O–H groups in total. The lowest BCUT2D eigenvalue weighted by molar-refractivity contribution is 0.0513. The minimum absolute atomic E-state index is 0.124. The molecule has 0 atom stereocenters. The number of nitrogens with zero attached hydrogens (tertiary/aromatic N) is 2. The van der Waals surface area contributed by atoms with E-state index in [0.717, 1.165) is 14.7 Å². The van der Waals surface area contributed by atoms with Gasteiger partial charge in [-0.1, -0.05) is 34.5 Å². The molecule has 206 valence electrons. The monoisotopic (exact) mass is 597 g/mol. The van der Waals surface area contributed by atoms with Gasteiger partial charge in [-0.3, -0.25) is 4.79 Å². The highest BCUT2D eigenvalue weighted by Crippen LogP contribution is 2.33. The number of hydrogen-bond acceptors (Lipinski definition) is 5. The molecule has 0 fully saturated rings. The third-order valence-electron chi connectivity index (χ3n) is 5.76. The van der Waals surface area contributed by atoms with Crippen molar-refractivity contribution in [3.8, 4) is 5.75 Å². The molecule has 3 aromatic rings. The standard InChI is InChI=1S/C30H33BrFN3O4/c1-8-18(2)16-24-22(17-19(3)26-23(32)10-9-11-25(26)38-7)27(34-35(24)29(37)39-30(4,5)6)33-28(36)20-12-14-21(31)15-13-20/h9-17H,8H2,1-7H3,(H,33,34,36)/b18-16+,19-17+. The minimum Gasteiger partial charge on any atom is -0.496 e. The summed E-state index contributed by atoms with van der Waals surface area (Å²) in [5.74, 6) is -0.413. The molecule has 0 saturated heterocycles. The van der Waals surface area contributed by atoms with Gasteiger partial charge < -0.3 is 14.8 Å². The Morgan fingerprint density at radius 3 is 2.36 bits per heavy atom. The fraction of sp³-hybridized carbons (Fsp3) is 0.300. The number of carbonyl (C=O) groups excluding carboxylic acids is 2. The number of aromatic nitrogens is 2. The molecule has 2 aromatic carbocycles. The first-order valence-electron chi connectivity index (χ1n) is 12.5. The van der Waals surface area contributed by atoms with Crippen LogP contribution in [0, 0.1) is 5.82 Å². The zero-order chi connectivity index (χ0) is 28.9. The Morgan fingerprint density at radius 2 is 1.77 bits per heavy atom. The Labute approximate surface area is 236 Å². The molecule has 0 aliphatic carbocycles. The highest BCUT2D eigenvalue weighted by atomic mass is 79.9. The zero-order valence-corrected chi connectivity index (χ0v) is 24.8. The van der Waals surface area contributed by atoms with Gasteiger partial charge in [0, 0.05) is 15.6 Å². The van der Waals surface area contributed by atoms with E-state index in [-0.39, 0.29) is 11.4 Å². The fourth-order valence-electron chi connectivity index (χ4n) is 3.72. The first-order chi connectivity index (χ1) is 18.3. The van der Waals surface area contributed by atoms with Gasteiger partial charge in [0.1, 0.15) is 17.2 Å². The van der Waals surface area contributed by atoms with Crippen molar-refractivity contribution in [3.05, 3.63) is 80.7 Å². The van der Waals surface area contributed by atoms with Crippen LogP contribution in [0.25, 0.3) is 17.7 Å². The molecule has 0 spiro atoms. The first-order valence-corrected chi connectivity index (χ1v) is 13.3. The van der Waals surface area contributed by atoms with Crippen molar-refractivity contribution in [2.45, 2.75) is 53.6 Å². The van der Waals surface area contributed by atoms with Gasteiger partial charge in [-0.05, 0) is 95.2 Å². The van der Waals surface area contributed by atoms with Crippen molar-refractivity contribution in [1.82, 2.24) is 9.78 Å². The summed E-state index contributed by atoms with van der Waals surface area (Å²) in [6, 6.07) is 11.4. The van der Waals surface area contributed by atoms with E-state index in [1.165, 1.54) is 13.2 Å². The van der Waals surface area contributed by atoms with Crippen molar-refractivity contribution in [2.24, 2.45) is 0 Å². The van der Waals surface area contributed by atoms with E-state index < -0.39 is 23.4 Å². The van der Waals surface area contributed by atoms with Crippen molar-refractivity contribution in [2.75, 3.05) is 12.4 Å². The molecule has 0 saturated carbocycles. The number of hydrogen-bond donors (Lipinski definition) is 1. The third-order valence-corrected chi connectivity index (χ3v) is 6.28. The van der Waals surface area contributed by atoms with Gasteiger partial charge in [0.15, 0.2) is 5.82 Å². The maximum Gasteiger partial charge on any atom is 0.435 e. The van der Waals surface area contributed by atoms with Gasteiger partial charge in [-0.15, -0.1) is 5.10 Å². The van der Waals surface area contributed by atoms with Crippen molar-refractivity contribution in [3.63, 3.8) is 0 Å². The molecule has 3 rings (SSSR count). The van der Waals surface area contributed by atoms with Crippen molar-refractivity contribution < 1.29 is 23.5 Å². The number of amides is 1. The smallest absolute Gasteiger partial charge is 0.435 e. The van der Waals surface area contributed by atoms with Gasteiger partial charge >= 0.3 is 6.09 Å². The van der Waals surface area contributed by atoms with Crippen LogP contribution in [0.15, 0.2) is 52.5 Å². The number of nitrogens with one attached hydrogen (secondary N) is 1. The van der Waals surface area contributed by atoms with Gasteiger partial charge in [0.2, 0.25) is 0 Å². The van der Waals surface area contributed by atoms with E-state index in [2.05, 4.69) is 26.3 Å². The number of carbonyl (C=O) groups is 2. The van der Waals surface area contributed by atoms with Crippen LogP contribution in [0.4, 0.5) is 15.0 Å².